The van der Waals surface area contributed by atoms with E-state index in [0.717, 1.165) is 30.5 Å². The Morgan fingerprint density at radius 3 is 3.13 bits per heavy atom. The quantitative estimate of drug-likeness (QED) is 0.613. The van der Waals surface area contributed by atoms with Crippen molar-refractivity contribution in [1.82, 2.24) is 9.97 Å². The molecule has 2 heterocycles. The largest absolute Gasteiger partial charge is 0.356 e. The Balaban J connectivity index is 2.09. The van der Waals surface area contributed by atoms with Crippen molar-refractivity contribution in [3.63, 3.8) is 0 Å². The van der Waals surface area contributed by atoms with E-state index in [9.17, 15) is 0 Å². The molecule has 0 bridgehead atoms. The summed E-state index contributed by atoms with van der Waals surface area (Å²) in [5.41, 5.74) is 5.67. The van der Waals surface area contributed by atoms with E-state index in [4.69, 9.17) is 5.73 Å². The minimum Gasteiger partial charge on any atom is -0.356 e. The van der Waals surface area contributed by atoms with E-state index in [2.05, 4.69) is 14.9 Å². The summed E-state index contributed by atoms with van der Waals surface area (Å²) in [5, 5.41) is 1.02. The highest BCUT2D eigenvalue weighted by Gasteiger charge is 2.22. The Bertz CT molecular complexity index is 331. The Hall–Kier alpha value is -0.810. The van der Waals surface area contributed by atoms with Crippen LogP contribution < -0.4 is 10.6 Å². The maximum atomic E-state index is 5.67. The molecule has 0 saturated carbocycles. The Labute approximate surface area is 94.3 Å². The fourth-order valence-electron chi connectivity index (χ4n) is 1.85. The molecule has 5 heteroatoms. The van der Waals surface area contributed by atoms with Gasteiger partial charge in [-0.15, -0.1) is 11.8 Å². The number of thioether (sulfide) groups is 1. The van der Waals surface area contributed by atoms with Crippen LogP contribution in [0.15, 0.2) is 17.4 Å². The maximum Gasteiger partial charge on any atom is 0.133 e. The normalized spacial score (nSPS) is 20.9. The molecule has 1 aliphatic heterocycles. The maximum absolute atomic E-state index is 5.67. The number of hydrogen-bond donors (Lipinski definition) is 1. The van der Waals surface area contributed by atoms with Gasteiger partial charge in [0.05, 0.1) is 0 Å². The average molecular weight is 224 g/mol. The van der Waals surface area contributed by atoms with Crippen LogP contribution in [0.1, 0.15) is 6.42 Å². The predicted octanol–water partition coefficient (Wildman–Crippen LogP) is 0.984. The van der Waals surface area contributed by atoms with Crippen LogP contribution in [0.5, 0.6) is 0 Å². The molecule has 0 amide bonds. The van der Waals surface area contributed by atoms with E-state index in [-0.39, 0.29) is 0 Å². The van der Waals surface area contributed by atoms with Crippen LogP contribution in [0.4, 0.5) is 5.82 Å². The molecule has 2 rings (SSSR count). The zero-order valence-electron chi connectivity index (χ0n) is 8.89. The van der Waals surface area contributed by atoms with Gasteiger partial charge < -0.3 is 10.6 Å². The molecule has 1 aromatic rings. The molecule has 1 aliphatic rings. The smallest absolute Gasteiger partial charge is 0.133 e. The Morgan fingerprint density at radius 2 is 2.47 bits per heavy atom. The number of aromatic nitrogens is 2. The molecule has 82 valence electrons. The molecular formula is C10H16N4S. The lowest BCUT2D eigenvalue weighted by Gasteiger charge is -2.17. The van der Waals surface area contributed by atoms with Gasteiger partial charge in [-0.3, -0.25) is 0 Å². The van der Waals surface area contributed by atoms with Gasteiger partial charge in [-0.25, -0.2) is 9.97 Å². The second-order valence-electron chi connectivity index (χ2n) is 3.75. The van der Waals surface area contributed by atoms with Gasteiger partial charge in [-0.1, -0.05) is 0 Å². The zero-order valence-corrected chi connectivity index (χ0v) is 9.70. The first-order valence-electron chi connectivity index (χ1n) is 5.14. The molecule has 1 aromatic heterocycles. The predicted molar refractivity (Wildman–Crippen MR) is 63.2 cm³/mol. The summed E-state index contributed by atoms with van der Waals surface area (Å²) in [6, 6.07) is 2.05. The second kappa shape index (κ2) is 4.81. The number of nitrogens with two attached hydrogens (primary N) is 1. The molecule has 1 saturated heterocycles. The summed E-state index contributed by atoms with van der Waals surface area (Å²) >= 11 is 1.65. The topological polar surface area (TPSA) is 55.0 Å². The van der Waals surface area contributed by atoms with Crippen LogP contribution in [-0.2, 0) is 0 Å². The van der Waals surface area contributed by atoms with Crippen molar-refractivity contribution in [2.75, 3.05) is 30.8 Å². The minimum absolute atomic E-state index is 0.623. The van der Waals surface area contributed by atoms with Crippen molar-refractivity contribution in [1.29, 1.82) is 0 Å². The van der Waals surface area contributed by atoms with Crippen LogP contribution in [0.3, 0.4) is 0 Å². The van der Waals surface area contributed by atoms with Crippen molar-refractivity contribution >= 4 is 17.6 Å². The molecule has 0 spiro atoms. The van der Waals surface area contributed by atoms with Gasteiger partial charge in [-0.2, -0.15) is 0 Å². The Kier molecular flexibility index (Phi) is 3.43. The summed E-state index contributed by atoms with van der Waals surface area (Å²) in [4.78, 5) is 10.8. The molecule has 0 aliphatic carbocycles. The molecule has 0 radical (unpaired) electrons. The third-order valence-electron chi connectivity index (χ3n) is 2.78. The van der Waals surface area contributed by atoms with E-state index in [1.54, 1.807) is 18.1 Å². The highest BCUT2D eigenvalue weighted by atomic mass is 32.2. The SMILES string of the molecule is CSc1cc(N2CCC(CN)C2)ncn1. The van der Waals surface area contributed by atoms with E-state index < -0.39 is 0 Å². The lowest BCUT2D eigenvalue weighted by Crippen LogP contribution is -2.23. The zero-order chi connectivity index (χ0) is 10.7. The summed E-state index contributed by atoms with van der Waals surface area (Å²) in [5.74, 6) is 1.66. The van der Waals surface area contributed by atoms with Gasteiger partial charge in [0, 0.05) is 19.2 Å². The van der Waals surface area contributed by atoms with Crippen LogP contribution in [0.25, 0.3) is 0 Å². The summed E-state index contributed by atoms with van der Waals surface area (Å²) in [6.07, 6.45) is 4.84. The van der Waals surface area contributed by atoms with Gasteiger partial charge in [0.25, 0.3) is 0 Å². The van der Waals surface area contributed by atoms with E-state index in [0.29, 0.717) is 5.92 Å². The first-order chi connectivity index (χ1) is 7.33. The van der Waals surface area contributed by atoms with Gasteiger partial charge in [0.15, 0.2) is 0 Å². The molecule has 1 unspecified atom stereocenters. The van der Waals surface area contributed by atoms with Crippen molar-refractivity contribution in [3.05, 3.63) is 12.4 Å². The van der Waals surface area contributed by atoms with Crippen LogP contribution in [-0.4, -0.2) is 35.9 Å². The summed E-state index contributed by atoms with van der Waals surface area (Å²) in [7, 11) is 0. The van der Waals surface area contributed by atoms with Crippen molar-refractivity contribution < 1.29 is 0 Å². The van der Waals surface area contributed by atoms with E-state index in [1.165, 1.54) is 6.42 Å². The van der Waals surface area contributed by atoms with Gasteiger partial charge >= 0.3 is 0 Å². The first-order valence-corrected chi connectivity index (χ1v) is 6.37. The average Bonchev–Trinajstić information content (AvgIpc) is 2.78. The summed E-state index contributed by atoms with van der Waals surface area (Å²) < 4.78 is 0. The fraction of sp³-hybridized carbons (Fsp3) is 0.600. The fourth-order valence-corrected chi connectivity index (χ4v) is 2.22. The highest BCUT2D eigenvalue weighted by molar-refractivity contribution is 7.98. The molecule has 1 atom stereocenters. The van der Waals surface area contributed by atoms with Crippen molar-refractivity contribution in [2.24, 2.45) is 11.7 Å². The molecule has 1 fully saturated rings. The standard InChI is InChI=1S/C10H16N4S/c1-15-10-4-9(12-7-13-10)14-3-2-8(5-11)6-14/h4,7-8H,2-3,5-6,11H2,1H3. The summed E-state index contributed by atoms with van der Waals surface area (Å²) in [6.45, 7) is 2.87. The van der Waals surface area contributed by atoms with Gasteiger partial charge in [0.1, 0.15) is 17.2 Å². The number of anilines is 1. The third-order valence-corrected chi connectivity index (χ3v) is 3.42. The third kappa shape index (κ3) is 2.41. The van der Waals surface area contributed by atoms with Crippen LogP contribution in [0, 0.1) is 5.92 Å². The number of nitrogens with zero attached hydrogens (tertiary/aromatic N) is 3. The second-order valence-corrected chi connectivity index (χ2v) is 4.58. The van der Waals surface area contributed by atoms with E-state index >= 15 is 0 Å². The van der Waals surface area contributed by atoms with Gasteiger partial charge in [-0.05, 0) is 25.1 Å². The molecule has 2 N–H and O–H groups in total. The number of rotatable bonds is 3. The van der Waals surface area contributed by atoms with Crippen LogP contribution >= 0.6 is 11.8 Å². The molecule has 15 heavy (non-hydrogen) atoms. The monoisotopic (exact) mass is 224 g/mol. The van der Waals surface area contributed by atoms with Crippen LogP contribution in [0.2, 0.25) is 0 Å². The molecular weight excluding hydrogens is 208 g/mol. The highest BCUT2D eigenvalue weighted by Crippen LogP contribution is 2.23. The van der Waals surface area contributed by atoms with Gasteiger partial charge in [0.2, 0.25) is 0 Å². The minimum atomic E-state index is 0.623. The lowest BCUT2D eigenvalue weighted by molar-refractivity contribution is 0.602. The lowest BCUT2D eigenvalue weighted by atomic mass is 10.1. The van der Waals surface area contributed by atoms with Crippen molar-refractivity contribution in [2.45, 2.75) is 11.4 Å². The van der Waals surface area contributed by atoms with Crippen molar-refractivity contribution in [3.8, 4) is 0 Å². The first kappa shape index (κ1) is 10.7. The number of hydrogen-bond acceptors (Lipinski definition) is 5. The molecule has 4 nitrogen and oxygen atoms in total. The molecule has 0 aromatic carbocycles. The Morgan fingerprint density at radius 1 is 1.60 bits per heavy atom. The van der Waals surface area contributed by atoms with E-state index in [1.807, 2.05) is 12.3 Å².